The van der Waals surface area contributed by atoms with Crippen molar-refractivity contribution in [1.82, 2.24) is 14.7 Å². The van der Waals surface area contributed by atoms with E-state index in [0.29, 0.717) is 13.0 Å². The van der Waals surface area contributed by atoms with Gasteiger partial charge in [0.15, 0.2) is 0 Å². The zero-order valence-corrected chi connectivity index (χ0v) is 15.1. The largest absolute Gasteiger partial charge is 0.356 e. The van der Waals surface area contributed by atoms with Crippen LogP contribution in [0.4, 0.5) is 0 Å². The third kappa shape index (κ3) is 5.07. The van der Waals surface area contributed by atoms with Crippen LogP contribution in [0.2, 0.25) is 5.02 Å². The van der Waals surface area contributed by atoms with Crippen molar-refractivity contribution in [2.24, 2.45) is 0 Å². The van der Waals surface area contributed by atoms with E-state index in [9.17, 15) is 4.79 Å². The van der Waals surface area contributed by atoms with Crippen LogP contribution in [0.3, 0.4) is 0 Å². The van der Waals surface area contributed by atoms with Gasteiger partial charge in [0.1, 0.15) is 5.65 Å². The van der Waals surface area contributed by atoms with Crippen LogP contribution in [-0.2, 0) is 17.6 Å². The predicted molar refractivity (Wildman–Crippen MR) is 101 cm³/mol. The average molecular weight is 356 g/mol. The van der Waals surface area contributed by atoms with Crippen molar-refractivity contribution in [1.29, 1.82) is 0 Å². The van der Waals surface area contributed by atoms with Gasteiger partial charge in [0.2, 0.25) is 5.91 Å². The summed E-state index contributed by atoms with van der Waals surface area (Å²) < 4.78 is 2.03. The first kappa shape index (κ1) is 17.5. The number of imidazole rings is 1. The van der Waals surface area contributed by atoms with Crippen molar-refractivity contribution >= 4 is 23.2 Å². The fourth-order valence-corrected chi connectivity index (χ4v) is 2.92. The standard InChI is InChI=1S/C20H22ClN3O/c1-15-5-10-19-23-18(14-24(19)13-15)11-12-22-20(25)4-2-3-16-6-8-17(21)9-7-16/h5-10,13-14H,2-4,11-12H2,1H3,(H,22,25). The van der Waals surface area contributed by atoms with Crippen LogP contribution in [0.25, 0.3) is 5.65 Å². The van der Waals surface area contributed by atoms with Crippen molar-refractivity contribution in [3.8, 4) is 0 Å². The molecule has 25 heavy (non-hydrogen) atoms. The molecule has 3 aromatic rings. The van der Waals surface area contributed by atoms with E-state index in [0.717, 1.165) is 35.6 Å². The van der Waals surface area contributed by atoms with Gasteiger partial charge in [-0.3, -0.25) is 4.79 Å². The van der Waals surface area contributed by atoms with E-state index in [4.69, 9.17) is 11.6 Å². The molecular formula is C20H22ClN3O. The van der Waals surface area contributed by atoms with Crippen LogP contribution < -0.4 is 5.32 Å². The van der Waals surface area contributed by atoms with Gasteiger partial charge in [-0.1, -0.05) is 29.8 Å². The molecule has 2 aromatic heterocycles. The Morgan fingerprint density at radius 2 is 1.92 bits per heavy atom. The van der Waals surface area contributed by atoms with Crippen molar-refractivity contribution in [2.45, 2.75) is 32.6 Å². The SMILES string of the molecule is Cc1ccc2nc(CCNC(=O)CCCc3ccc(Cl)cc3)cn2c1. The minimum atomic E-state index is 0.0913. The van der Waals surface area contributed by atoms with Crippen LogP contribution in [0.15, 0.2) is 48.8 Å². The Morgan fingerprint density at radius 3 is 2.72 bits per heavy atom. The third-order valence-corrected chi connectivity index (χ3v) is 4.39. The molecule has 0 unspecified atom stereocenters. The number of aromatic nitrogens is 2. The highest BCUT2D eigenvalue weighted by atomic mass is 35.5. The topological polar surface area (TPSA) is 46.4 Å². The van der Waals surface area contributed by atoms with E-state index in [-0.39, 0.29) is 5.91 Å². The van der Waals surface area contributed by atoms with E-state index in [1.165, 1.54) is 11.1 Å². The molecule has 130 valence electrons. The Morgan fingerprint density at radius 1 is 1.12 bits per heavy atom. The van der Waals surface area contributed by atoms with Gasteiger partial charge in [-0.05, 0) is 49.1 Å². The molecule has 0 aliphatic rings. The number of pyridine rings is 1. The first-order chi connectivity index (χ1) is 12.1. The first-order valence-electron chi connectivity index (χ1n) is 8.55. The van der Waals surface area contributed by atoms with Crippen molar-refractivity contribution in [3.63, 3.8) is 0 Å². The fraction of sp³-hybridized carbons (Fsp3) is 0.300. The van der Waals surface area contributed by atoms with E-state index >= 15 is 0 Å². The van der Waals surface area contributed by atoms with Gasteiger partial charge in [0, 0.05) is 36.8 Å². The molecule has 0 bridgehead atoms. The lowest BCUT2D eigenvalue weighted by Crippen LogP contribution is -2.25. The Bertz CT molecular complexity index is 855. The van der Waals surface area contributed by atoms with Gasteiger partial charge >= 0.3 is 0 Å². The van der Waals surface area contributed by atoms with Gasteiger partial charge in [0.25, 0.3) is 0 Å². The third-order valence-electron chi connectivity index (χ3n) is 4.13. The molecule has 0 aliphatic heterocycles. The number of hydrogen-bond acceptors (Lipinski definition) is 2. The fourth-order valence-electron chi connectivity index (χ4n) is 2.80. The maximum absolute atomic E-state index is 11.9. The molecular weight excluding hydrogens is 334 g/mol. The second kappa shape index (κ2) is 8.17. The highest BCUT2D eigenvalue weighted by Gasteiger charge is 2.04. The van der Waals surface area contributed by atoms with Crippen LogP contribution >= 0.6 is 11.6 Å². The van der Waals surface area contributed by atoms with Crippen LogP contribution in [0.5, 0.6) is 0 Å². The molecule has 0 fully saturated rings. The first-order valence-corrected chi connectivity index (χ1v) is 8.93. The highest BCUT2D eigenvalue weighted by molar-refractivity contribution is 6.30. The van der Waals surface area contributed by atoms with E-state index in [2.05, 4.69) is 29.5 Å². The molecule has 4 nitrogen and oxygen atoms in total. The quantitative estimate of drug-likeness (QED) is 0.696. The number of fused-ring (bicyclic) bond motifs is 1. The van der Waals surface area contributed by atoms with Crippen molar-refractivity contribution in [2.75, 3.05) is 6.54 Å². The number of aryl methyl sites for hydroxylation is 2. The molecule has 0 saturated heterocycles. The number of amides is 1. The number of halogens is 1. The number of carbonyl (C=O) groups excluding carboxylic acids is 1. The van der Waals surface area contributed by atoms with Crippen LogP contribution in [-0.4, -0.2) is 21.8 Å². The number of hydrogen-bond donors (Lipinski definition) is 1. The zero-order valence-electron chi connectivity index (χ0n) is 14.3. The van der Waals surface area contributed by atoms with E-state index in [1.807, 2.05) is 40.9 Å². The lowest BCUT2D eigenvalue weighted by molar-refractivity contribution is -0.121. The maximum atomic E-state index is 11.9. The number of benzene rings is 1. The van der Waals surface area contributed by atoms with Crippen molar-refractivity contribution < 1.29 is 4.79 Å². The molecule has 3 rings (SSSR count). The van der Waals surface area contributed by atoms with E-state index < -0.39 is 0 Å². The molecule has 1 amide bonds. The normalized spacial score (nSPS) is 11.0. The molecule has 0 spiro atoms. The van der Waals surface area contributed by atoms with Crippen LogP contribution in [0.1, 0.15) is 29.7 Å². The Labute approximate surface area is 152 Å². The molecule has 1 aromatic carbocycles. The molecule has 5 heteroatoms. The smallest absolute Gasteiger partial charge is 0.220 e. The summed E-state index contributed by atoms with van der Waals surface area (Å²) in [4.78, 5) is 16.5. The minimum Gasteiger partial charge on any atom is -0.356 e. The molecule has 1 N–H and O–H groups in total. The maximum Gasteiger partial charge on any atom is 0.220 e. The summed E-state index contributed by atoms with van der Waals surface area (Å²) in [6.45, 7) is 2.67. The van der Waals surface area contributed by atoms with Gasteiger partial charge < -0.3 is 9.72 Å². The second-order valence-electron chi connectivity index (χ2n) is 6.28. The molecule has 0 saturated carbocycles. The number of nitrogens with zero attached hydrogens (tertiary/aromatic N) is 2. The van der Waals surface area contributed by atoms with Crippen LogP contribution in [0, 0.1) is 6.92 Å². The summed E-state index contributed by atoms with van der Waals surface area (Å²) in [7, 11) is 0. The summed E-state index contributed by atoms with van der Waals surface area (Å²) in [5.74, 6) is 0.0913. The Kier molecular flexibility index (Phi) is 5.71. The summed E-state index contributed by atoms with van der Waals surface area (Å²) in [6.07, 6.45) is 7.07. The van der Waals surface area contributed by atoms with E-state index in [1.54, 1.807) is 0 Å². The predicted octanol–water partition coefficient (Wildman–Crippen LogP) is 3.98. The van der Waals surface area contributed by atoms with Gasteiger partial charge in [-0.2, -0.15) is 0 Å². The molecule has 0 radical (unpaired) electrons. The lowest BCUT2D eigenvalue weighted by Gasteiger charge is -2.04. The molecule has 0 aliphatic carbocycles. The minimum absolute atomic E-state index is 0.0913. The molecule has 2 heterocycles. The number of carbonyl (C=O) groups is 1. The summed E-state index contributed by atoms with van der Waals surface area (Å²) in [5.41, 5.74) is 4.34. The van der Waals surface area contributed by atoms with Gasteiger partial charge in [-0.15, -0.1) is 0 Å². The highest BCUT2D eigenvalue weighted by Crippen LogP contribution is 2.11. The summed E-state index contributed by atoms with van der Waals surface area (Å²) >= 11 is 5.87. The van der Waals surface area contributed by atoms with Gasteiger partial charge in [-0.25, -0.2) is 4.98 Å². The number of rotatable bonds is 7. The monoisotopic (exact) mass is 355 g/mol. The Balaban J connectivity index is 1.39. The Hall–Kier alpha value is -2.33. The number of nitrogens with one attached hydrogen (secondary N) is 1. The average Bonchev–Trinajstić information content (AvgIpc) is 2.98. The lowest BCUT2D eigenvalue weighted by atomic mass is 10.1. The second-order valence-corrected chi connectivity index (χ2v) is 6.72. The zero-order chi connectivity index (χ0) is 17.6. The van der Waals surface area contributed by atoms with Gasteiger partial charge in [0.05, 0.1) is 5.69 Å². The summed E-state index contributed by atoms with van der Waals surface area (Å²) in [6, 6.07) is 11.8. The summed E-state index contributed by atoms with van der Waals surface area (Å²) in [5, 5.41) is 3.71. The van der Waals surface area contributed by atoms with Crippen molar-refractivity contribution in [3.05, 3.63) is 70.6 Å². The molecule has 0 atom stereocenters.